The van der Waals surface area contributed by atoms with Crippen molar-refractivity contribution in [1.29, 1.82) is 0 Å². The van der Waals surface area contributed by atoms with Crippen LogP contribution in [0.25, 0.3) is 22.2 Å². The second-order valence-electron chi connectivity index (χ2n) is 5.04. The summed E-state index contributed by atoms with van der Waals surface area (Å²) in [5, 5.41) is 1.28. The fraction of sp³-hybridized carbons (Fsp3) is 0.176. The third-order valence-corrected chi connectivity index (χ3v) is 3.68. The summed E-state index contributed by atoms with van der Waals surface area (Å²) < 4.78 is 0. The minimum absolute atomic E-state index is 0.562. The first kappa shape index (κ1) is 12.0. The summed E-state index contributed by atoms with van der Waals surface area (Å²) in [6, 6.07) is 14.8. The van der Waals surface area contributed by atoms with Gasteiger partial charge in [0.1, 0.15) is 0 Å². The Balaban J connectivity index is 2.32. The van der Waals surface area contributed by atoms with E-state index in [1.807, 2.05) is 6.07 Å². The van der Waals surface area contributed by atoms with E-state index >= 15 is 0 Å². The Morgan fingerprint density at radius 1 is 1.05 bits per heavy atom. The molecule has 0 spiro atoms. The lowest BCUT2D eigenvalue weighted by atomic mass is 10.0. The summed E-state index contributed by atoms with van der Waals surface area (Å²) in [5.74, 6) is 0. The molecule has 2 heteroatoms. The van der Waals surface area contributed by atoms with E-state index in [1.54, 1.807) is 0 Å². The molecular formula is C17H18N2. The highest BCUT2D eigenvalue weighted by Gasteiger charge is 2.12. The van der Waals surface area contributed by atoms with Crippen molar-refractivity contribution in [3.8, 4) is 11.3 Å². The molecule has 0 aliphatic rings. The van der Waals surface area contributed by atoms with Crippen molar-refractivity contribution in [3.63, 3.8) is 0 Å². The Bertz CT molecular complexity index is 724. The van der Waals surface area contributed by atoms with Crippen molar-refractivity contribution in [3.05, 3.63) is 59.2 Å². The van der Waals surface area contributed by atoms with Crippen molar-refractivity contribution in [1.82, 2.24) is 4.98 Å². The minimum atomic E-state index is 0.562. The smallest absolute Gasteiger partial charge is 0.0507 e. The number of aryl methyl sites for hydroxylation is 2. The third-order valence-electron chi connectivity index (χ3n) is 3.68. The van der Waals surface area contributed by atoms with Crippen LogP contribution in [0.1, 0.15) is 16.7 Å². The zero-order valence-electron chi connectivity index (χ0n) is 11.3. The highest BCUT2D eigenvalue weighted by atomic mass is 14.7. The average molecular weight is 250 g/mol. The fourth-order valence-corrected chi connectivity index (χ4v) is 2.71. The van der Waals surface area contributed by atoms with Crippen LogP contribution in [0.2, 0.25) is 0 Å². The number of nitrogens with one attached hydrogen (secondary N) is 1. The molecule has 1 aromatic heterocycles. The highest BCUT2D eigenvalue weighted by Crippen LogP contribution is 2.31. The second kappa shape index (κ2) is 4.56. The van der Waals surface area contributed by atoms with Gasteiger partial charge in [0.2, 0.25) is 0 Å². The molecule has 0 aliphatic heterocycles. The molecule has 0 radical (unpaired) electrons. The molecule has 0 atom stereocenters. The lowest BCUT2D eigenvalue weighted by Gasteiger charge is -2.02. The van der Waals surface area contributed by atoms with Crippen LogP contribution in [0.15, 0.2) is 42.5 Å². The first-order valence-electron chi connectivity index (χ1n) is 6.58. The molecule has 0 saturated heterocycles. The summed E-state index contributed by atoms with van der Waals surface area (Å²) in [6.07, 6.45) is 0. The molecule has 3 aromatic rings. The third kappa shape index (κ3) is 1.94. The number of hydrogen-bond donors (Lipinski definition) is 2. The minimum Gasteiger partial charge on any atom is -0.354 e. The molecule has 0 amide bonds. The van der Waals surface area contributed by atoms with E-state index in [9.17, 15) is 0 Å². The maximum atomic E-state index is 5.86. The molecule has 0 fully saturated rings. The van der Waals surface area contributed by atoms with E-state index in [0.717, 1.165) is 0 Å². The highest BCUT2D eigenvalue weighted by molar-refractivity contribution is 5.93. The first-order valence-corrected chi connectivity index (χ1v) is 6.58. The van der Waals surface area contributed by atoms with Gasteiger partial charge in [0, 0.05) is 17.6 Å². The number of hydrogen-bond acceptors (Lipinski definition) is 1. The maximum absolute atomic E-state index is 5.86. The molecule has 0 bridgehead atoms. The van der Waals surface area contributed by atoms with Gasteiger partial charge in [0.15, 0.2) is 0 Å². The normalized spacial score (nSPS) is 11.1. The number of nitrogens with two attached hydrogens (primary N) is 1. The maximum Gasteiger partial charge on any atom is 0.0507 e. The standard InChI is InChI=1S/C17H18N2/c1-11-8-14(10-18)17-15(9-11)12(2)16(19-17)13-6-4-3-5-7-13/h3-9,19H,10,18H2,1-2H3. The van der Waals surface area contributed by atoms with Gasteiger partial charge < -0.3 is 10.7 Å². The van der Waals surface area contributed by atoms with Gasteiger partial charge in [-0.1, -0.05) is 42.0 Å². The second-order valence-corrected chi connectivity index (χ2v) is 5.04. The lowest BCUT2D eigenvalue weighted by Crippen LogP contribution is -1.97. The summed E-state index contributed by atoms with van der Waals surface area (Å²) in [6.45, 7) is 4.85. The molecule has 2 nitrogen and oxygen atoms in total. The molecule has 19 heavy (non-hydrogen) atoms. The van der Waals surface area contributed by atoms with Gasteiger partial charge >= 0.3 is 0 Å². The molecule has 2 aromatic carbocycles. The number of aromatic nitrogens is 1. The Labute approximate surface area is 113 Å². The van der Waals surface area contributed by atoms with Crippen molar-refractivity contribution >= 4 is 10.9 Å². The number of benzene rings is 2. The molecule has 1 heterocycles. The van der Waals surface area contributed by atoms with Gasteiger partial charge in [-0.2, -0.15) is 0 Å². The Morgan fingerprint density at radius 2 is 1.79 bits per heavy atom. The van der Waals surface area contributed by atoms with E-state index in [0.29, 0.717) is 6.54 Å². The monoisotopic (exact) mass is 250 g/mol. The van der Waals surface area contributed by atoms with Crippen LogP contribution < -0.4 is 5.73 Å². The van der Waals surface area contributed by atoms with E-state index < -0.39 is 0 Å². The van der Waals surface area contributed by atoms with Crippen LogP contribution in [-0.2, 0) is 6.54 Å². The summed E-state index contributed by atoms with van der Waals surface area (Å²) in [5.41, 5.74) is 13.2. The molecular weight excluding hydrogens is 232 g/mol. The Hall–Kier alpha value is -2.06. The van der Waals surface area contributed by atoms with Gasteiger partial charge in [-0.25, -0.2) is 0 Å². The molecule has 0 aliphatic carbocycles. The largest absolute Gasteiger partial charge is 0.354 e. The van der Waals surface area contributed by atoms with Crippen molar-refractivity contribution in [2.75, 3.05) is 0 Å². The average Bonchev–Trinajstić information content (AvgIpc) is 2.76. The molecule has 3 N–H and O–H groups in total. The SMILES string of the molecule is Cc1cc(CN)c2[nH]c(-c3ccccc3)c(C)c2c1. The zero-order valence-corrected chi connectivity index (χ0v) is 11.3. The van der Waals surface area contributed by atoms with Gasteiger partial charge in [0.05, 0.1) is 5.52 Å². The van der Waals surface area contributed by atoms with Crippen LogP contribution in [0, 0.1) is 13.8 Å². The predicted molar refractivity (Wildman–Crippen MR) is 81.1 cm³/mol. The van der Waals surface area contributed by atoms with Gasteiger partial charge in [-0.15, -0.1) is 0 Å². The lowest BCUT2D eigenvalue weighted by molar-refractivity contribution is 1.08. The van der Waals surface area contributed by atoms with Crippen LogP contribution in [0.3, 0.4) is 0 Å². The molecule has 96 valence electrons. The van der Waals surface area contributed by atoms with Crippen LogP contribution in [0.5, 0.6) is 0 Å². The van der Waals surface area contributed by atoms with Crippen molar-refractivity contribution in [2.45, 2.75) is 20.4 Å². The van der Waals surface area contributed by atoms with E-state index in [1.165, 1.54) is 38.9 Å². The summed E-state index contributed by atoms with van der Waals surface area (Å²) in [4.78, 5) is 3.55. The van der Waals surface area contributed by atoms with Gasteiger partial charge in [-0.05, 0) is 36.6 Å². The van der Waals surface area contributed by atoms with Crippen LogP contribution in [-0.4, -0.2) is 4.98 Å². The van der Waals surface area contributed by atoms with E-state index in [-0.39, 0.29) is 0 Å². The number of aromatic amines is 1. The summed E-state index contributed by atoms with van der Waals surface area (Å²) in [7, 11) is 0. The van der Waals surface area contributed by atoms with Crippen molar-refractivity contribution < 1.29 is 0 Å². The number of rotatable bonds is 2. The molecule has 3 rings (SSSR count). The number of fused-ring (bicyclic) bond motifs is 1. The Morgan fingerprint density at radius 3 is 2.47 bits per heavy atom. The predicted octanol–water partition coefficient (Wildman–Crippen LogP) is 3.91. The van der Waals surface area contributed by atoms with E-state index in [2.05, 4.69) is 55.2 Å². The van der Waals surface area contributed by atoms with Crippen LogP contribution >= 0.6 is 0 Å². The quantitative estimate of drug-likeness (QED) is 0.711. The topological polar surface area (TPSA) is 41.8 Å². The molecule has 0 unspecified atom stereocenters. The van der Waals surface area contributed by atoms with Gasteiger partial charge in [-0.3, -0.25) is 0 Å². The Kier molecular flexibility index (Phi) is 2.88. The van der Waals surface area contributed by atoms with E-state index in [4.69, 9.17) is 5.73 Å². The first-order chi connectivity index (χ1) is 9.20. The number of H-pyrrole nitrogens is 1. The zero-order chi connectivity index (χ0) is 13.4. The van der Waals surface area contributed by atoms with Crippen LogP contribution in [0.4, 0.5) is 0 Å². The summed E-state index contributed by atoms with van der Waals surface area (Å²) >= 11 is 0. The van der Waals surface area contributed by atoms with Gasteiger partial charge in [0.25, 0.3) is 0 Å². The molecule has 0 saturated carbocycles. The fourth-order valence-electron chi connectivity index (χ4n) is 2.71. The van der Waals surface area contributed by atoms with Crippen molar-refractivity contribution in [2.24, 2.45) is 5.73 Å².